The van der Waals surface area contributed by atoms with Crippen LogP contribution in [-0.4, -0.2) is 5.11 Å². The van der Waals surface area contributed by atoms with Crippen LogP contribution in [0.15, 0.2) is 42.5 Å². The molecule has 2 aromatic carbocycles. The van der Waals surface area contributed by atoms with Gasteiger partial charge < -0.3 is 5.11 Å². The molecular weight excluding hydrogens is 287 g/mol. The normalized spacial score (nSPS) is 21.3. The molecule has 0 aromatic heterocycles. The predicted octanol–water partition coefficient (Wildman–Crippen LogP) is 6.27. The lowest BCUT2D eigenvalue weighted by molar-refractivity contribution is 0.308. The van der Waals surface area contributed by atoms with Gasteiger partial charge in [-0.05, 0) is 66.3 Å². The summed E-state index contributed by atoms with van der Waals surface area (Å²) >= 11 is 0. The summed E-state index contributed by atoms with van der Waals surface area (Å²) in [7, 11) is 0. The molecule has 0 unspecified atom stereocenters. The number of halogens is 1. The number of rotatable bonds is 4. The van der Waals surface area contributed by atoms with Crippen molar-refractivity contribution in [1.29, 1.82) is 0 Å². The zero-order valence-electron chi connectivity index (χ0n) is 13.8. The summed E-state index contributed by atoms with van der Waals surface area (Å²) in [4.78, 5) is 0. The van der Waals surface area contributed by atoms with E-state index in [4.69, 9.17) is 0 Å². The van der Waals surface area contributed by atoms with Gasteiger partial charge in [0.05, 0.1) is 0 Å². The van der Waals surface area contributed by atoms with E-state index in [0.717, 1.165) is 17.0 Å². The molecule has 0 heterocycles. The van der Waals surface area contributed by atoms with Gasteiger partial charge >= 0.3 is 0 Å². The molecule has 1 N–H and O–H groups in total. The van der Waals surface area contributed by atoms with Crippen LogP contribution in [-0.2, 0) is 0 Å². The fraction of sp³-hybridized carbons (Fsp3) is 0.429. The second kappa shape index (κ2) is 7.16. The molecule has 1 aliphatic rings. The van der Waals surface area contributed by atoms with Gasteiger partial charge in [0.15, 0.2) is 11.6 Å². The largest absolute Gasteiger partial charge is 0.505 e. The molecule has 0 bridgehead atoms. The molecule has 1 saturated carbocycles. The summed E-state index contributed by atoms with van der Waals surface area (Å²) < 4.78 is 13.5. The van der Waals surface area contributed by atoms with Gasteiger partial charge in [0, 0.05) is 0 Å². The Morgan fingerprint density at radius 2 is 1.61 bits per heavy atom. The SMILES string of the molecule is CCCC1CCC(c2ccc(-c3ccc(O)c(F)c3)cc2)CC1. The first-order chi connectivity index (χ1) is 11.2. The van der Waals surface area contributed by atoms with E-state index >= 15 is 0 Å². The third kappa shape index (κ3) is 3.74. The lowest BCUT2D eigenvalue weighted by atomic mass is 9.77. The minimum Gasteiger partial charge on any atom is -0.505 e. The van der Waals surface area contributed by atoms with E-state index in [1.807, 2.05) is 0 Å². The van der Waals surface area contributed by atoms with E-state index < -0.39 is 5.82 Å². The van der Waals surface area contributed by atoms with Gasteiger partial charge in [-0.25, -0.2) is 4.39 Å². The molecule has 122 valence electrons. The van der Waals surface area contributed by atoms with Gasteiger partial charge in [-0.3, -0.25) is 0 Å². The van der Waals surface area contributed by atoms with Crippen LogP contribution < -0.4 is 0 Å². The molecule has 0 amide bonds. The Kier molecular flexibility index (Phi) is 5.00. The Morgan fingerprint density at radius 1 is 0.957 bits per heavy atom. The van der Waals surface area contributed by atoms with E-state index in [0.29, 0.717) is 5.92 Å². The first kappa shape index (κ1) is 16.0. The monoisotopic (exact) mass is 312 g/mol. The Hall–Kier alpha value is -1.83. The van der Waals surface area contributed by atoms with E-state index in [1.165, 1.54) is 56.2 Å². The van der Waals surface area contributed by atoms with Crippen molar-refractivity contribution in [2.75, 3.05) is 0 Å². The van der Waals surface area contributed by atoms with Crippen LogP contribution in [0.3, 0.4) is 0 Å². The van der Waals surface area contributed by atoms with Crippen LogP contribution in [0.25, 0.3) is 11.1 Å². The van der Waals surface area contributed by atoms with Gasteiger partial charge in [-0.15, -0.1) is 0 Å². The Bertz CT molecular complexity index is 639. The molecule has 0 spiro atoms. The third-order valence-electron chi connectivity index (χ3n) is 5.21. The molecule has 2 aromatic rings. The van der Waals surface area contributed by atoms with Gasteiger partial charge in [0.1, 0.15) is 0 Å². The van der Waals surface area contributed by atoms with Crippen molar-refractivity contribution < 1.29 is 9.50 Å². The van der Waals surface area contributed by atoms with Gasteiger partial charge in [0.2, 0.25) is 0 Å². The molecule has 0 saturated heterocycles. The Morgan fingerprint density at radius 3 is 2.22 bits per heavy atom. The van der Waals surface area contributed by atoms with Crippen molar-refractivity contribution in [2.45, 2.75) is 51.4 Å². The summed E-state index contributed by atoms with van der Waals surface area (Å²) in [5.41, 5.74) is 3.20. The highest BCUT2D eigenvalue weighted by Gasteiger charge is 2.21. The number of phenols is 1. The van der Waals surface area contributed by atoms with Crippen LogP contribution >= 0.6 is 0 Å². The first-order valence-electron chi connectivity index (χ1n) is 8.76. The van der Waals surface area contributed by atoms with Crippen molar-refractivity contribution in [1.82, 2.24) is 0 Å². The quantitative estimate of drug-likeness (QED) is 0.705. The van der Waals surface area contributed by atoms with Crippen molar-refractivity contribution in [3.8, 4) is 16.9 Å². The number of hydrogen-bond acceptors (Lipinski definition) is 1. The molecule has 0 atom stereocenters. The van der Waals surface area contributed by atoms with Crippen LogP contribution in [0, 0.1) is 11.7 Å². The molecule has 1 nitrogen and oxygen atoms in total. The van der Waals surface area contributed by atoms with E-state index in [2.05, 4.69) is 31.2 Å². The maximum absolute atomic E-state index is 13.5. The molecule has 0 aliphatic heterocycles. The summed E-state index contributed by atoms with van der Waals surface area (Å²) in [5, 5.41) is 9.29. The van der Waals surface area contributed by atoms with Crippen molar-refractivity contribution >= 4 is 0 Å². The highest BCUT2D eigenvalue weighted by molar-refractivity contribution is 5.64. The average Bonchev–Trinajstić information content (AvgIpc) is 2.59. The van der Waals surface area contributed by atoms with E-state index in [9.17, 15) is 9.50 Å². The van der Waals surface area contributed by atoms with Crippen molar-refractivity contribution in [2.24, 2.45) is 5.92 Å². The minimum absolute atomic E-state index is 0.297. The summed E-state index contributed by atoms with van der Waals surface area (Å²) in [6.07, 6.45) is 7.95. The van der Waals surface area contributed by atoms with Crippen molar-refractivity contribution in [3.05, 3.63) is 53.8 Å². The Balaban J connectivity index is 1.69. The first-order valence-corrected chi connectivity index (χ1v) is 8.76. The molecule has 2 heteroatoms. The molecule has 1 fully saturated rings. The lowest BCUT2D eigenvalue weighted by Gasteiger charge is -2.28. The van der Waals surface area contributed by atoms with Gasteiger partial charge in [-0.2, -0.15) is 0 Å². The van der Waals surface area contributed by atoms with E-state index in [1.54, 1.807) is 6.07 Å². The molecular formula is C21H25FO. The van der Waals surface area contributed by atoms with E-state index in [-0.39, 0.29) is 5.75 Å². The lowest BCUT2D eigenvalue weighted by Crippen LogP contribution is -2.13. The topological polar surface area (TPSA) is 20.2 Å². The smallest absolute Gasteiger partial charge is 0.165 e. The second-order valence-corrected chi connectivity index (χ2v) is 6.79. The third-order valence-corrected chi connectivity index (χ3v) is 5.21. The van der Waals surface area contributed by atoms with Gasteiger partial charge in [0.25, 0.3) is 0 Å². The average molecular weight is 312 g/mol. The highest BCUT2D eigenvalue weighted by Crippen LogP contribution is 2.38. The number of hydrogen-bond donors (Lipinski definition) is 1. The fourth-order valence-corrected chi connectivity index (χ4v) is 3.83. The second-order valence-electron chi connectivity index (χ2n) is 6.79. The summed E-state index contributed by atoms with van der Waals surface area (Å²) in [5.74, 6) is 0.735. The van der Waals surface area contributed by atoms with Crippen LogP contribution in [0.2, 0.25) is 0 Å². The number of phenolic OH excluding ortho intramolecular Hbond substituents is 1. The highest BCUT2D eigenvalue weighted by atomic mass is 19.1. The molecule has 3 rings (SSSR count). The zero-order valence-corrected chi connectivity index (χ0v) is 13.8. The van der Waals surface area contributed by atoms with Crippen LogP contribution in [0.1, 0.15) is 56.9 Å². The number of benzene rings is 2. The molecule has 0 radical (unpaired) electrons. The molecule has 23 heavy (non-hydrogen) atoms. The zero-order chi connectivity index (χ0) is 16.2. The minimum atomic E-state index is -0.569. The Labute approximate surface area is 138 Å². The fourth-order valence-electron chi connectivity index (χ4n) is 3.83. The molecule has 1 aliphatic carbocycles. The summed E-state index contributed by atoms with van der Waals surface area (Å²) in [6.45, 7) is 2.27. The summed E-state index contributed by atoms with van der Waals surface area (Å²) in [6, 6.07) is 13.1. The van der Waals surface area contributed by atoms with Gasteiger partial charge in [-0.1, -0.05) is 50.1 Å². The predicted molar refractivity (Wildman–Crippen MR) is 93.1 cm³/mol. The maximum Gasteiger partial charge on any atom is 0.165 e. The standard InChI is InChI=1S/C21H25FO/c1-2-3-15-4-6-16(7-5-15)17-8-10-18(11-9-17)19-12-13-21(23)20(22)14-19/h8-16,23H,2-7H2,1H3. The van der Waals surface area contributed by atoms with Crippen LogP contribution in [0.5, 0.6) is 5.75 Å². The van der Waals surface area contributed by atoms with Crippen LogP contribution in [0.4, 0.5) is 4.39 Å². The number of aromatic hydroxyl groups is 1. The maximum atomic E-state index is 13.5. The van der Waals surface area contributed by atoms with Crippen molar-refractivity contribution in [3.63, 3.8) is 0 Å².